The van der Waals surface area contributed by atoms with Crippen molar-refractivity contribution in [2.24, 2.45) is 5.73 Å². The van der Waals surface area contributed by atoms with Gasteiger partial charge in [0.05, 0.1) is 4.92 Å². The van der Waals surface area contributed by atoms with Crippen molar-refractivity contribution < 1.29 is 14.5 Å². The molecule has 1 unspecified atom stereocenters. The first-order valence-corrected chi connectivity index (χ1v) is 5.72. The molecule has 0 aliphatic heterocycles. The van der Waals surface area contributed by atoms with E-state index in [4.69, 9.17) is 10.5 Å². The highest BCUT2D eigenvalue weighted by atomic mass is 16.6. The van der Waals surface area contributed by atoms with Gasteiger partial charge in [0.25, 0.3) is 11.6 Å². The number of ether oxygens (including phenoxy) is 1. The van der Waals surface area contributed by atoms with Gasteiger partial charge in [-0.2, -0.15) is 0 Å². The third-order valence-corrected chi connectivity index (χ3v) is 2.57. The lowest BCUT2D eigenvalue weighted by atomic mass is 10.1. The van der Waals surface area contributed by atoms with Crippen molar-refractivity contribution in [3.63, 3.8) is 0 Å². The minimum absolute atomic E-state index is 0.0561. The molecule has 1 amide bonds. The maximum atomic E-state index is 11.7. The summed E-state index contributed by atoms with van der Waals surface area (Å²) in [5.41, 5.74) is 5.97. The molecule has 0 saturated heterocycles. The second-order valence-electron chi connectivity index (χ2n) is 4.25. The summed E-state index contributed by atoms with van der Waals surface area (Å²) >= 11 is 0. The second-order valence-corrected chi connectivity index (χ2v) is 4.25. The zero-order valence-corrected chi connectivity index (χ0v) is 11.1. The van der Waals surface area contributed by atoms with Crippen LogP contribution in [0.2, 0.25) is 0 Å². The Bertz CT molecular complexity index is 488. The van der Waals surface area contributed by atoms with Gasteiger partial charge < -0.3 is 15.4 Å². The minimum Gasteiger partial charge on any atom is -0.481 e. The highest BCUT2D eigenvalue weighted by Gasteiger charge is 2.19. The maximum Gasteiger partial charge on any atom is 0.270 e. The predicted molar refractivity (Wildman–Crippen MR) is 69.8 cm³/mol. The molecular formula is C12H17N3O4. The molecule has 19 heavy (non-hydrogen) atoms. The summed E-state index contributed by atoms with van der Waals surface area (Å²) in [6.45, 7) is 1.71. The minimum atomic E-state index is -0.679. The van der Waals surface area contributed by atoms with E-state index in [2.05, 4.69) is 0 Å². The van der Waals surface area contributed by atoms with E-state index < -0.39 is 11.0 Å². The van der Waals surface area contributed by atoms with Crippen LogP contribution in [0, 0.1) is 10.1 Å². The quantitative estimate of drug-likeness (QED) is 0.631. The highest BCUT2D eigenvalue weighted by molar-refractivity contribution is 5.80. The van der Waals surface area contributed by atoms with Crippen molar-refractivity contribution in [2.75, 3.05) is 14.1 Å². The van der Waals surface area contributed by atoms with Crippen LogP contribution in [0.4, 0.5) is 5.69 Å². The molecule has 0 radical (unpaired) electrons. The fourth-order valence-electron chi connectivity index (χ4n) is 1.56. The van der Waals surface area contributed by atoms with Crippen LogP contribution in [0.15, 0.2) is 18.2 Å². The average molecular weight is 267 g/mol. The van der Waals surface area contributed by atoms with Crippen LogP contribution in [0.1, 0.15) is 12.5 Å². The Kier molecular flexibility index (Phi) is 4.82. The molecule has 1 aromatic carbocycles. The van der Waals surface area contributed by atoms with Gasteiger partial charge >= 0.3 is 0 Å². The molecule has 7 heteroatoms. The third-order valence-electron chi connectivity index (χ3n) is 2.57. The zero-order chi connectivity index (χ0) is 14.6. The van der Waals surface area contributed by atoms with E-state index in [9.17, 15) is 14.9 Å². The molecule has 7 nitrogen and oxygen atoms in total. The van der Waals surface area contributed by atoms with Gasteiger partial charge in [-0.15, -0.1) is 0 Å². The van der Waals surface area contributed by atoms with Crippen molar-refractivity contribution in [1.82, 2.24) is 4.90 Å². The van der Waals surface area contributed by atoms with E-state index in [1.165, 1.54) is 23.1 Å². The molecular weight excluding hydrogens is 250 g/mol. The van der Waals surface area contributed by atoms with Crippen molar-refractivity contribution in [3.8, 4) is 5.75 Å². The molecule has 104 valence electrons. The Morgan fingerprint density at radius 3 is 2.63 bits per heavy atom. The monoisotopic (exact) mass is 267 g/mol. The first kappa shape index (κ1) is 14.9. The van der Waals surface area contributed by atoms with Crippen LogP contribution < -0.4 is 10.5 Å². The van der Waals surface area contributed by atoms with E-state index in [0.29, 0.717) is 11.3 Å². The van der Waals surface area contributed by atoms with Crippen LogP contribution in [0.3, 0.4) is 0 Å². The number of likely N-dealkylation sites (N-methyl/N-ethyl adjacent to an activating group) is 1. The smallest absolute Gasteiger partial charge is 0.270 e. The Balaban J connectivity index is 2.95. The van der Waals surface area contributed by atoms with Gasteiger partial charge in [-0.05, 0) is 13.0 Å². The van der Waals surface area contributed by atoms with Gasteiger partial charge in [0.1, 0.15) is 5.75 Å². The molecule has 2 N–H and O–H groups in total. The lowest BCUT2D eigenvalue weighted by Gasteiger charge is -2.19. The van der Waals surface area contributed by atoms with Crippen LogP contribution in [0.5, 0.6) is 5.75 Å². The summed E-state index contributed by atoms with van der Waals surface area (Å²) in [6.07, 6.45) is -0.679. The van der Waals surface area contributed by atoms with Gasteiger partial charge in [-0.25, -0.2) is 0 Å². The van der Waals surface area contributed by atoms with Crippen molar-refractivity contribution in [2.45, 2.75) is 19.6 Å². The Labute approximate surface area is 111 Å². The summed E-state index contributed by atoms with van der Waals surface area (Å²) < 4.78 is 5.50. The van der Waals surface area contributed by atoms with E-state index in [1.807, 2.05) is 0 Å². The number of carbonyl (C=O) groups excluding carboxylic acids is 1. The number of nitrogens with two attached hydrogens (primary N) is 1. The molecule has 1 aromatic rings. The first-order chi connectivity index (χ1) is 8.86. The fraction of sp³-hybridized carbons (Fsp3) is 0.417. The number of non-ortho nitro benzene ring substituents is 1. The largest absolute Gasteiger partial charge is 0.481 e. The Hall–Kier alpha value is -2.15. The third kappa shape index (κ3) is 3.65. The van der Waals surface area contributed by atoms with E-state index in [-0.39, 0.29) is 18.1 Å². The van der Waals surface area contributed by atoms with Crippen LogP contribution in [0.25, 0.3) is 0 Å². The van der Waals surface area contributed by atoms with Gasteiger partial charge in [0, 0.05) is 38.3 Å². The number of benzene rings is 1. The highest BCUT2D eigenvalue weighted by Crippen LogP contribution is 2.24. The number of amides is 1. The molecule has 0 bridgehead atoms. The molecule has 1 atom stereocenters. The molecule has 0 aliphatic rings. The Morgan fingerprint density at radius 1 is 1.53 bits per heavy atom. The number of rotatable bonds is 5. The summed E-state index contributed by atoms with van der Waals surface area (Å²) in [6, 6.07) is 4.13. The van der Waals surface area contributed by atoms with Crippen molar-refractivity contribution in [1.29, 1.82) is 0 Å². The first-order valence-electron chi connectivity index (χ1n) is 5.72. The normalized spacial score (nSPS) is 11.8. The molecule has 0 aromatic heterocycles. The van der Waals surface area contributed by atoms with Gasteiger partial charge in [-0.1, -0.05) is 0 Å². The lowest BCUT2D eigenvalue weighted by Crippen LogP contribution is -2.35. The standard InChI is InChI=1S/C12H17N3O4/c1-8(12(16)14(2)3)19-11-5-4-10(15(17)18)6-9(11)7-13/h4-6,8H,7,13H2,1-3H3. The zero-order valence-electron chi connectivity index (χ0n) is 11.1. The molecule has 0 fully saturated rings. The van der Waals surface area contributed by atoms with Crippen molar-refractivity contribution >= 4 is 11.6 Å². The number of hydrogen-bond donors (Lipinski definition) is 1. The van der Waals surface area contributed by atoms with Gasteiger partial charge in [-0.3, -0.25) is 14.9 Å². The van der Waals surface area contributed by atoms with Crippen molar-refractivity contribution in [3.05, 3.63) is 33.9 Å². The predicted octanol–water partition coefficient (Wildman–Crippen LogP) is 0.909. The average Bonchev–Trinajstić information content (AvgIpc) is 2.37. The van der Waals surface area contributed by atoms with Gasteiger partial charge in [0.15, 0.2) is 6.10 Å². The van der Waals surface area contributed by atoms with Crippen LogP contribution in [-0.2, 0) is 11.3 Å². The molecule has 0 heterocycles. The second kappa shape index (κ2) is 6.14. The van der Waals surface area contributed by atoms with E-state index >= 15 is 0 Å². The SMILES string of the molecule is CC(Oc1ccc([N+](=O)[O-])cc1CN)C(=O)N(C)C. The number of hydrogen-bond acceptors (Lipinski definition) is 5. The topological polar surface area (TPSA) is 98.7 Å². The fourth-order valence-corrected chi connectivity index (χ4v) is 1.56. The van der Waals surface area contributed by atoms with E-state index in [0.717, 1.165) is 0 Å². The Morgan fingerprint density at radius 2 is 2.16 bits per heavy atom. The molecule has 0 saturated carbocycles. The summed E-state index contributed by atoms with van der Waals surface area (Å²) in [5.74, 6) is 0.192. The lowest BCUT2D eigenvalue weighted by molar-refractivity contribution is -0.384. The number of carbonyl (C=O) groups is 1. The molecule has 1 rings (SSSR count). The van der Waals surface area contributed by atoms with Gasteiger partial charge in [0.2, 0.25) is 0 Å². The number of nitro groups is 1. The summed E-state index contributed by atoms with van der Waals surface area (Å²) in [7, 11) is 3.25. The summed E-state index contributed by atoms with van der Waals surface area (Å²) in [5, 5.41) is 10.7. The molecule has 0 aliphatic carbocycles. The van der Waals surface area contributed by atoms with E-state index in [1.54, 1.807) is 21.0 Å². The van der Waals surface area contributed by atoms with Crippen LogP contribution in [-0.4, -0.2) is 35.9 Å². The summed E-state index contributed by atoms with van der Waals surface area (Å²) in [4.78, 5) is 23.3. The molecule has 0 spiro atoms. The van der Waals surface area contributed by atoms with Crippen LogP contribution >= 0.6 is 0 Å². The maximum absolute atomic E-state index is 11.7. The number of nitro benzene ring substituents is 1. The number of nitrogens with zero attached hydrogens (tertiary/aromatic N) is 2.